The first-order valence-electron chi connectivity index (χ1n) is 7.87. The normalized spacial score (nSPS) is 39.6. The molecule has 106 valence electrons. The van der Waals surface area contributed by atoms with Crippen molar-refractivity contribution in [2.45, 2.75) is 57.5 Å². The minimum atomic E-state index is 0.489. The van der Waals surface area contributed by atoms with Crippen LogP contribution < -0.4 is 5.32 Å². The van der Waals surface area contributed by atoms with Crippen LogP contribution in [0.1, 0.15) is 46.0 Å². The van der Waals surface area contributed by atoms with Crippen molar-refractivity contribution in [1.29, 1.82) is 5.41 Å². The molecule has 0 aromatic rings. The van der Waals surface area contributed by atoms with Crippen LogP contribution in [0.5, 0.6) is 0 Å². The summed E-state index contributed by atoms with van der Waals surface area (Å²) in [6.07, 6.45) is 10.2. The quantitative estimate of drug-likeness (QED) is 0.764. The monoisotopic (exact) mass is 261 g/mol. The van der Waals surface area contributed by atoms with E-state index in [1.54, 1.807) is 0 Å². The van der Waals surface area contributed by atoms with Gasteiger partial charge in [0.15, 0.2) is 0 Å². The lowest BCUT2D eigenvalue weighted by atomic mass is 9.83. The highest BCUT2D eigenvalue weighted by atomic mass is 15.3. The molecule has 0 radical (unpaired) electrons. The maximum Gasteiger partial charge on any atom is 0.0357 e. The molecule has 0 amide bonds. The first kappa shape index (κ1) is 13.2. The lowest BCUT2D eigenvalue weighted by Gasteiger charge is -2.35. The zero-order valence-electron chi connectivity index (χ0n) is 12.3. The molecule has 3 aliphatic rings. The fraction of sp³-hybridized carbons (Fsp3) is 0.812. The van der Waals surface area contributed by atoms with Crippen molar-refractivity contribution in [3.8, 4) is 0 Å². The van der Waals surface area contributed by atoms with Gasteiger partial charge in [0, 0.05) is 36.0 Å². The van der Waals surface area contributed by atoms with Gasteiger partial charge in [-0.2, -0.15) is 0 Å². The minimum Gasteiger partial charge on any atom is -0.386 e. The summed E-state index contributed by atoms with van der Waals surface area (Å²) < 4.78 is 0. The third kappa shape index (κ3) is 2.12. The van der Waals surface area contributed by atoms with E-state index >= 15 is 0 Å². The molecule has 0 saturated carbocycles. The Bertz CT molecular complexity index is 387. The van der Waals surface area contributed by atoms with E-state index in [0.717, 1.165) is 12.5 Å². The topological polar surface area (TPSA) is 39.1 Å². The summed E-state index contributed by atoms with van der Waals surface area (Å²) >= 11 is 0. The fourth-order valence-electron chi connectivity index (χ4n) is 4.58. The van der Waals surface area contributed by atoms with Gasteiger partial charge in [0.05, 0.1) is 0 Å². The van der Waals surface area contributed by atoms with Crippen LogP contribution in [0.15, 0.2) is 11.8 Å². The Morgan fingerprint density at radius 2 is 2.37 bits per heavy atom. The van der Waals surface area contributed by atoms with Gasteiger partial charge in [-0.3, -0.25) is 4.90 Å². The summed E-state index contributed by atoms with van der Waals surface area (Å²) in [7, 11) is 0. The first-order chi connectivity index (χ1) is 9.16. The summed E-state index contributed by atoms with van der Waals surface area (Å²) in [4.78, 5) is 2.82. The van der Waals surface area contributed by atoms with Crippen molar-refractivity contribution >= 4 is 6.21 Å². The SMILES string of the molecule is CC(C)CCC12CCCN1C1CN/C(=C\C=N)C1C2. The Labute approximate surface area is 117 Å². The van der Waals surface area contributed by atoms with Crippen molar-refractivity contribution in [2.75, 3.05) is 13.1 Å². The number of hydrogen-bond donors (Lipinski definition) is 2. The van der Waals surface area contributed by atoms with Gasteiger partial charge >= 0.3 is 0 Å². The zero-order chi connectivity index (χ0) is 13.5. The minimum absolute atomic E-state index is 0.489. The molecule has 3 unspecified atom stereocenters. The van der Waals surface area contributed by atoms with Gasteiger partial charge in [-0.05, 0) is 50.6 Å². The summed E-state index contributed by atoms with van der Waals surface area (Å²) in [6, 6.07) is 0.695. The predicted octanol–water partition coefficient (Wildman–Crippen LogP) is 2.78. The number of hydrogen-bond acceptors (Lipinski definition) is 3. The van der Waals surface area contributed by atoms with E-state index in [1.165, 1.54) is 50.6 Å². The smallest absolute Gasteiger partial charge is 0.0357 e. The van der Waals surface area contributed by atoms with Crippen molar-refractivity contribution < 1.29 is 0 Å². The Hall–Kier alpha value is -0.830. The number of allylic oxidation sites excluding steroid dienone is 1. The molecule has 3 aliphatic heterocycles. The van der Waals surface area contributed by atoms with Crippen molar-refractivity contribution in [1.82, 2.24) is 10.2 Å². The molecule has 0 bridgehead atoms. The molecule has 3 heterocycles. The van der Waals surface area contributed by atoms with Gasteiger partial charge in [-0.15, -0.1) is 0 Å². The number of nitrogens with one attached hydrogen (secondary N) is 2. The van der Waals surface area contributed by atoms with Crippen LogP contribution in [-0.4, -0.2) is 35.8 Å². The van der Waals surface area contributed by atoms with Gasteiger partial charge in [0.25, 0.3) is 0 Å². The average Bonchev–Trinajstić information content (AvgIpc) is 2.98. The largest absolute Gasteiger partial charge is 0.386 e. The second-order valence-corrected chi connectivity index (χ2v) is 7.00. The third-order valence-corrected chi connectivity index (χ3v) is 5.48. The van der Waals surface area contributed by atoms with E-state index in [0.29, 0.717) is 17.5 Å². The first-order valence-corrected chi connectivity index (χ1v) is 7.87. The lowest BCUT2D eigenvalue weighted by Crippen LogP contribution is -2.44. The maximum absolute atomic E-state index is 7.31. The molecule has 3 nitrogen and oxygen atoms in total. The standard InChI is InChI=1S/C16H27N3/c1-12(2)4-7-16-6-3-9-19(16)15-11-18-14(5-8-17)13(15)10-16/h5,8,12-13,15,17-18H,3-4,6-7,9-11H2,1-2H3/b14-5-,17-8?. The van der Waals surface area contributed by atoms with Crippen LogP contribution in [0, 0.1) is 17.2 Å². The van der Waals surface area contributed by atoms with Crippen molar-refractivity contribution in [3.05, 3.63) is 11.8 Å². The molecule has 3 atom stereocenters. The van der Waals surface area contributed by atoms with E-state index < -0.39 is 0 Å². The molecule has 0 aliphatic carbocycles. The molecule has 3 rings (SSSR count). The summed E-state index contributed by atoms with van der Waals surface area (Å²) in [5, 5.41) is 10.8. The van der Waals surface area contributed by atoms with E-state index in [4.69, 9.17) is 5.41 Å². The van der Waals surface area contributed by atoms with E-state index in [9.17, 15) is 0 Å². The summed E-state index contributed by atoms with van der Waals surface area (Å²) in [5.41, 5.74) is 1.81. The van der Waals surface area contributed by atoms with E-state index in [1.807, 2.05) is 6.08 Å². The molecule has 0 aromatic carbocycles. The Balaban J connectivity index is 1.79. The molecule has 19 heavy (non-hydrogen) atoms. The van der Waals surface area contributed by atoms with Gasteiger partial charge in [0.1, 0.15) is 0 Å². The molecule has 3 heteroatoms. The van der Waals surface area contributed by atoms with Gasteiger partial charge in [0.2, 0.25) is 0 Å². The molecule has 0 aromatic heterocycles. The summed E-state index contributed by atoms with van der Waals surface area (Å²) in [6.45, 7) is 7.06. The number of nitrogens with zero attached hydrogens (tertiary/aromatic N) is 1. The Morgan fingerprint density at radius 3 is 3.11 bits per heavy atom. The highest BCUT2D eigenvalue weighted by Crippen LogP contribution is 2.51. The van der Waals surface area contributed by atoms with Crippen LogP contribution in [0.4, 0.5) is 0 Å². The van der Waals surface area contributed by atoms with E-state index in [-0.39, 0.29) is 0 Å². The van der Waals surface area contributed by atoms with Crippen LogP contribution in [-0.2, 0) is 0 Å². The Morgan fingerprint density at radius 1 is 1.53 bits per heavy atom. The zero-order valence-corrected chi connectivity index (χ0v) is 12.3. The maximum atomic E-state index is 7.31. The fourth-order valence-corrected chi connectivity index (χ4v) is 4.58. The highest BCUT2D eigenvalue weighted by molar-refractivity contribution is 5.69. The van der Waals surface area contributed by atoms with Gasteiger partial charge in [-0.25, -0.2) is 0 Å². The summed E-state index contributed by atoms with van der Waals surface area (Å²) in [5.74, 6) is 1.47. The van der Waals surface area contributed by atoms with Gasteiger partial charge in [-0.1, -0.05) is 13.8 Å². The molecular formula is C16H27N3. The van der Waals surface area contributed by atoms with Crippen LogP contribution in [0.3, 0.4) is 0 Å². The van der Waals surface area contributed by atoms with Crippen molar-refractivity contribution in [2.24, 2.45) is 11.8 Å². The van der Waals surface area contributed by atoms with E-state index in [2.05, 4.69) is 24.1 Å². The highest BCUT2D eigenvalue weighted by Gasteiger charge is 2.55. The lowest BCUT2D eigenvalue weighted by molar-refractivity contribution is 0.135. The number of rotatable bonds is 4. The van der Waals surface area contributed by atoms with Crippen molar-refractivity contribution in [3.63, 3.8) is 0 Å². The van der Waals surface area contributed by atoms with Crippen LogP contribution in [0.2, 0.25) is 0 Å². The second kappa shape index (κ2) is 4.93. The molecule has 0 spiro atoms. The predicted molar refractivity (Wildman–Crippen MR) is 79.5 cm³/mol. The third-order valence-electron chi connectivity index (χ3n) is 5.48. The average molecular weight is 261 g/mol. The molecular weight excluding hydrogens is 234 g/mol. The number of fused-ring (bicyclic) bond motifs is 3. The molecule has 3 saturated heterocycles. The van der Waals surface area contributed by atoms with Gasteiger partial charge < -0.3 is 10.7 Å². The molecule has 3 fully saturated rings. The second-order valence-electron chi connectivity index (χ2n) is 7.00. The Kier molecular flexibility index (Phi) is 3.42. The van der Waals surface area contributed by atoms with Crippen LogP contribution in [0.25, 0.3) is 0 Å². The van der Waals surface area contributed by atoms with Crippen LogP contribution >= 0.6 is 0 Å². The molecule has 2 N–H and O–H groups in total.